The molecule has 0 N–H and O–H groups in total. The van der Waals surface area contributed by atoms with Crippen molar-refractivity contribution >= 4 is 11.6 Å². The first-order chi connectivity index (χ1) is 3.91. The Labute approximate surface area is 57.2 Å². The van der Waals surface area contributed by atoms with Crippen molar-refractivity contribution < 1.29 is 0 Å². The molecule has 48 valence electrons. The smallest absolute Gasteiger partial charge is 0.0223 e. The highest BCUT2D eigenvalue weighted by Crippen LogP contribution is 1.93. The van der Waals surface area contributed by atoms with Crippen LogP contribution in [0.3, 0.4) is 0 Å². The van der Waals surface area contributed by atoms with Crippen molar-refractivity contribution in [1.29, 1.82) is 0 Å². The molecular weight excluding hydrogens is 120 g/mol. The summed E-state index contributed by atoms with van der Waals surface area (Å²) in [4.78, 5) is 0. The predicted octanol–water partition coefficient (Wildman–Crippen LogP) is 2.66. The highest BCUT2D eigenvalue weighted by atomic mass is 35.5. The quantitative estimate of drug-likeness (QED) is 0.315. The number of rotatable bonds is 3. The fourth-order valence-electron chi connectivity index (χ4n) is 0.344. The van der Waals surface area contributed by atoms with Gasteiger partial charge in [-0.15, -0.1) is 24.4 Å². The predicted molar refractivity (Wildman–Crippen MR) is 40.1 cm³/mol. The SMILES string of the molecule is C#C.CCCCCCl. The molecule has 0 atom stereocenters. The van der Waals surface area contributed by atoms with Crippen molar-refractivity contribution in [2.24, 2.45) is 0 Å². The minimum Gasteiger partial charge on any atom is -0.127 e. The Bertz CT molecular complexity index is 34.9. The number of unbranched alkanes of at least 4 members (excludes halogenated alkanes) is 2. The number of hydrogen-bond acceptors (Lipinski definition) is 0. The summed E-state index contributed by atoms with van der Waals surface area (Å²) >= 11 is 5.38. The summed E-state index contributed by atoms with van der Waals surface area (Å²) in [7, 11) is 0. The molecule has 0 rings (SSSR count). The lowest BCUT2D eigenvalue weighted by molar-refractivity contribution is 0.776. The van der Waals surface area contributed by atoms with Gasteiger partial charge in [0.2, 0.25) is 0 Å². The summed E-state index contributed by atoms with van der Waals surface area (Å²) < 4.78 is 0. The number of hydrogen-bond donors (Lipinski definition) is 0. The molecule has 0 amide bonds. The normalized spacial score (nSPS) is 7.00. The van der Waals surface area contributed by atoms with Crippen molar-refractivity contribution in [2.75, 3.05) is 5.88 Å². The van der Waals surface area contributed by atoms with Gasteiger partial charge in [0.25, 0.3) is 0 Å². The van der Waals surface area contributed by atoms with Gasteiger partial charge in [-0.05, 0) is 6.42 Å². The van der Waals surface area contributed by atoms with Gasteiger partial charge in [0.15, 0.2) is 0 Å². The van der Waals surface area contributed by atoms with E-state index in [0.29, 0.717) is 0 Å². The molecule has 0 nitrogen and oxygen atoms in total. The first kappa shape index (κ1) is 10.8. The zero-order chi connectivity index (χ0) is 6.83. The van der Waals surface area contributed by atoms with E-state index in [1.165, 1.54) is 19.3 Å². The Hall–Kier alpha value is -0.150. The van der Waals surface area contributed by atoms with Gasteiger partial charge in [-0.1, -0.05) is 19.8 Å². The molecule has 0 aromatic carbocycles. The first-order valence-electron chi connectivity index (χ1n) is 2.81. The molecule has 0 fully saturated rings. The van der Waals surface area contributed by atoms with Crippen LogP contribution < -0.4 is 0 Å². The minimum absolute atomic E-state index is 0.827. The van der Waals surface area contributed by atoms with Gasteiger partial charge < -0.3 is 0 Å². The summed E-state index contributed by atoms with van der Waals surface area (Å²) in [5.74, 6) is 0.827. The third-order valence-corrected chi connectivity index (χ3v) is 1.00. The molecule has 0 bridgehead atoms. The Balaban J connectivity index is 0. The fraction of sp³-hybridized carbons (Fsp3) is 0.714. The maximum atomic E-state index is 5.38. The van der Waals surface area contributed by atoms with Gasteiger partial charge in [-0.2, -0.15) is 0 Å². The van der Waals surface area contributed by atoms with E-state index in [9.17, 15) is 0 Å². The average molecular weight is 133 g/mol. The van der Waals surface area contributed by atoms with Gasteiger partial charge in [-0.3, -0.25) is 0 Å². The Morgan fingerprint density at radius 3 is 1.88 bits per heavy atom. The van der Waals surface area contributed by atoms with Gasteiger partial charge in [0, 0.05) is 5.88 Å². The topological polar surface area (TPSA) is 0 Å². The average Bonchev–Trinajstić information content (AvgIpc) is 1.88. The summed E-state index contributed by atoms with van der Waals surface area (Å²) in [6.07, 6.45) is 11.7. The van der Waals surface area contributed by atoms with Gasteiger partial charge in [0.1, 0.15) is 0 Å². The lowest BCUT2D eigenvalue weighted by Crippen LogP contribution is -1.70. The molecule has 0 saturated carbocycles. The van der Waals surface area contributed by atoms with E-state index >= 15 is 0 Å². The molecule has 8 heavy (non-hydrogen) atoms. The first-order valence-corrected chi connectivity index (χ1v) is 3.34. The largest absolute Gasteiger partial charge is 0.127 e. The third kappa shape index (κ3) is 16.9. The third-order valence-electron chi connectivity index (χ3n) is 0.737. The highest BCUT2D eigenvalue weighted by molar-refractivity contribution is 6.17. The van der Waals surface area contributed by atoms with Crippen molar-refractivity contribution in [3.63, 3.8) is 0 Å². The molecule has 0 aliphatic carbocycles. The highest BCUT2D eigenvalue weighted by Gasteiger charge is 1.76. The minimum atomic E-state index is 0.827. The second kappa shape index (κ2) is 15.8. The Morgan fingerprint density at radius 2 is 1.75 bits per heavy atom. The molecule has 0 unspecified atom stereocenters. The van der Waals surface area contributed by atoms with Crippen molar-refractivity contribution in [3.05, 3.63) is 0 Å². The van der Waals surface area contributed by atoms with Crippen LogP contribution in [0, 0.1) is 12.8 Å². The maximum Gasteiger partial charge on any atom is 0.0223 e. The van der Waals surface area contributed by atoms with E-state index in [1.54, 1.807) is 0 Å². The molecule has 0 aromatic heterocycles. The number of halogens is 1. The van der Waals surface area contributed by atoms with Crippen LogP contribution in [0.1, 0.15) is 26.2 Å². The van der Waals surface area contributed by atoms with Crippen LogP contribution in [0.5, 0.6) is 0 Å². The Kier molecular flexibility index (Phi) is 21.3. The van der Waals surface area contributed by atoms with Crippen LogP contribution in [0.2, 0.25) is 0 Å². The van der Waals surface area contributed by atoms with Crippen molar-refractivity contribution in [3.8, 4) is 12.8 Å². The molecule has 0 spiro atoms. The van der Waals surface area contributed by atoms with Crippen LogP contribution in [-0.2, 0) is 0 Å². The van der Waals surface area contributed by atoms with Crippen LogP contribution in [0.4, 0.5) is 0 Å². The standard InChI is InChI=1S/C5H11Cl.C2H2/c1-2-3-4-5-6;1-2/h2-5H2,1H3;1-2H. The number of terminal acetylenes is 1. The van der Waals surface area contributed by atoms with Crippen LogP contribution >= 0.6 is 11.6 Å². The molecule has 1 heteroatoms. The summed E-state index contributed by atoms with van der Waals surface area (Å²) in [5, 5.41) is 0. The van der Waals surface area contributed by atoms with E-state index < -0.39 is 0 Å². The van der Waals surface area contributed by atoms with Crippen LogP contribution in [0.25, 0.3) is 0 Å². The van der Waals surface area contributed by atoms with Gasteiger partial charge in [0.05, 0.1) is 0 Å². The fourth-order valence-corrected chi connectivity index (χ4v) is 0.533. The van der Waals surface area contributed by atoms with Crippen molar-refractivity contribution in [2.45, 2.75) is 26.2 Å². The summed E-state index contributed by atoms with van der Waals surface area (Å²) in [6.45, 7) is 2.17. The van der Waals surface area contributed by atoms with E-state index in [0.717, 1.165) is 5.88 Å². The molecular formula is C7H13Cl. The van der Waals surface area contributed by atoms with Gasteiger partial charge >= 0.3 is 0 Å². The van der Waals surface area contributed by atoms with Crippen LogP contribution in [0.15, 0.2) is 0 Å². The van der Waals surface area contributed by atoms with E-state index in [4.69, 9.17) is 11.6 Å². The molecule has 0 aliphatic rings. The summed E-state index contributed by atoms with van der Waals surface area (Å²) in [5.41, 5.74) is 0. The second-order valence-corrected chi connectivity index (χ2v) is 1.77. The number of alkyl halides is 1. The Morgan fingerprint density at radius 1 is 1.25 bits per heavy atom. The second-order valence-electron chi connectivity index (χ2n) is 1.40. The molecule has 0 radical (unpaired) electrons. The van der Waals surface area contributed by atoms with E-state index in [-0.39, 0.29) is 0 Å². The zero-order valence-electron chi connectivity index (χ0n) is 5.36. The lowest BCUT2D eigenvalue weighted by atomic mass is 10.3. The molecule has 0 heterocycles. The summed E-state index contributed by atoms with van der Waals surface area (Å²) in [6, 6.07) is 0. The molecule has 0 aromatic rings. The van der Waals surface area contributed by atoms with Crippen molar-refractivity contribution in [1.82, 2.24) is 0 Å². The van der Waals surface area contributed by atoms with Gasteiger partial charge in [-0.25, -0.2) is 0 Å². The van der Waals surface area contributed by atoms with Crippen LogP contribution in [-0.4, -0.2) is 5.88 Å². The monoisotopic (exact) mass is 132 g/mol. The van der Waals surface area contributed by atoms with E-state index in [1.807, 2.05) is 0 Å². The maximum absolute atomic E-state index is 5.38. The van der Waals surface area contributed by atoms with E-state index in [2.05, 4.69) is 19.8 Å². The zero-order valence-corrected chi connectivity index (χ0v) is 6.12. The molecule has 0 saturated heterocycles. The molecule has 0 aliphatic heterocycles. The lowest BCUT2D eigenvalue weighted by Gasteiger charge is -1.84.